The highest BCUT2D eigenvalue weighted by molar-refractivity contribution is 7.09. The van der Waals surface area contributed by atoms with Gasteiger partial charge in [-0.25, -0.2) is 4.98 Å². The number of aryl methyl sites for hydroxylation is 1. The summed E-state index contributed by atoms with van der Waals surface area (Å²) in [5, 5.41) is 5.37. The van der Waals surface area contributed by atoms with Crippen LogP contribution in [0.2, 0.25) is 0 Å². The van der Waals surface area contributed by atoms with E-state index in [9.17, 15) is 13.2 Å². The first-order chi connectivity index (χ1) is 7.47. The lowest BCUT2D eigenvalue weighted by atomic mass is 10.2. The van der Waals surface area contributed by atoms with Crippen LogP contribution in [0.3, 0.4) is 0 Å². The van der Waals surface area contributed by atoms with Gasteiger partial charge >= 0.3 is 6.18 Å². The number of hydrogen-bond acceptors (Lipinski definition) is 3. The van der Waals surface area contributed by atoms with Crippen molar-refractivity contribution >= 4 is 11.3 Å². The first-order valence-electron chi connectivity index (χ1n) is 5.22. The van der Waals surface area contributed by atoms with Crippen LogP contribution in [0.5, 0.6) is 0 Å². The van der Waals surface area contributed by atoms with Gasteiger partial charge in [0, 0.05) is 11.9 Å². The van der Waals surface area contributed by atoms with E-state index in [1.165, 1.54) is 11.3 Å². The quantitative estimate of drug-likeness (QED) is 0.888. The van der Waals surface area contributed by atoms with Gasteiger partial charge < -0.3 is 0 Å². The van der Waals surface area contributed by atoms with Gasteiger partial charge in [-0.2, -0.15) is 13.2 Å². The van der Waals surface area contributed by atoms with Gasteiger partial charge in [0.05, 0.1) is 10.7 Å². The molecule has 0 unspecified atom stereocenters. The predicted molar refractivity (Wildman–Crippen MR) is 56.4 cm³/mol. The van der Waals surface area contributed by atoms with Gasteiger partial charge in [0.25, 0.3) is 0 Å². The van der Waals surface area contributed by atoms with Crippen LogP contribution in [0, 0.1) is 0 Å². The molecule has 0 amide bonds. The fourth-order valence-electron chi connectivity index (χ4n) is 1.54. The number of nitrogens with one attached hydrogen (secondary N) is 1. The molecule has 1 saturated carbocycles. The summed E-state index contributed by atoms with van der Waals surface area (Å²) in [4.78, 5) is 4.23. The average molecular weight is 250 g/mol. The zero-order valence-corrected chi connectivity index (χ0v) is 9.71. The fourth-order valence-corrected chi connectivity index (χ4v) is 2.28. The second-order valence-electron chi connectivity index (χ2n) is 4.02. The number of hydrogen-bond donors (Lipinski definition) is 1. The normalized spacial score (nSPS) is 18.8. The summed E-state index contributed by atoms with van der Waals surface area (Å²) in [7, 11) is 0. The van der Waals surface area contributed by atoms with Crippen LogP contribution in [-0.4, -0.2) is 16.7 Å². The van der Waals surface area contributed by atoms with Crippen molar-refractivity contribution in [2.24, 2.45) is 0 Å². The molecule has 1 N–H and O–H groups in total. The van der Waals surface area contributed by atoms with E-state index in [4.69, 9.17) is 0 Å². The third-order valence-electron chi connectivity index (χ3n) is 2.80. The molecule has 0 saturated heterocycles. The van der Waals surface area contributed by atoms with E-state index in [0.29, 0.717) is 5.69 Å². The van der Waals surface area contributed by atoms with Crippen molar-refractivity contribution in [2.75, 3.05) is 0 Å². The maximum atomic E-state index is 12.6. The molecule has 90 valence electrons. The zero-order chi connectivity index (χ0) is 11.8. The Kier molecular flexibility index (Phi) is 2.96. The van der Waals surface area contributed by atoms with Crippen molar-refractivity contribution in [1.82, 2.24) is 10.3 Å². The topological polar surface area (TPSA) is 24.9 Å². The highest BCUT2D eigenvalue weighted by atomic mass is 32.1. The third-order valence-corrected chi connectivity index (χ3v) is 3.84. The Morgan fingerprint density at radius 3 is 2.62 bits per heavy atom. The van der Waals surface area contributed by atoms with Crippen LogP contribution >= 0.6 is 11.3 Å². The maximum absolute atomic E-state index is 12.6. The predicted octanol–water partition coefficient (Wildman–Crippen LogP) is 2.89. The molecular formula is C10H13F3N2S. The van der Waals surface area contributed by atoms with Gasteiger partial charge in [-0.1, -0.05) is 6.92 Å². The van der Waals surface area contributed by atoms with Gasteiger partial charge in [-0.05, 0) is 19.3 Å². The second-order valence-corrected chi connectivity index (χ2v) is 4.96. The molecule has 6 heteroatoms. The average Bonchev–Trinajstić information content (AvgIpc) is 2.88. The van der Waals surface area contributed by atoms with Gasteiger partial charge in [-0.15, -0.1) is 11.3 Å². The number of alkyl halides is 3. The van der Waals surface area contributed by atoms with Gasteiger partial charge in [0.1, 0.15) is 5.54 Å². The van der Waals surface area contributed by atoms with Crippen LogP contribution in [0.1, 0.15) is 30.5 Å². The minimum atomic E-state index is -4.14. The van der Waals surface area contributed by atoms with Crippen LogP contribution in [0.4, 0.5) is 13.2 Å². The smallest absolute Gasteiger partial charge is 0.298 e. The van der Waals surface area contributed by atoms with Crippen LogP contribution < -0.4 is 5.32 Å². The molecule has 1 aromatic heterocycles. The van der Waals surface area contributed by atoms with E-state index in [-0.39, 0.29) is 19.4 Å². The lowest BCUT2D eigenvalue weighted by Gasteiger charge is -2.19. The Morgan fingerprint density at radius 1 is 1.50 bits per heavy atom. The van der Waals surface area contributed by atoms with Crippen molar-refractivity contribution in [1.29, 1.82) is 0 Å². The Labute approximate surface area is 95.9 Å². The molecule has 0 atom stereocenters. The summed E-state index contributed by atoms with van der Waals surface area (Å²) < 4.78 is 37.8. The minimum Gasteiger partial charge on any atom is -0.298 e. The summed E-state index contributed by atoms with van der Waals surface area (Å²) in [6.45, 7) is 2.18. The first-order valence-corrected chi connectivity index (χ1v) is 6.10. The van der Waals surface area contributed by atoms with E-state index in [1.807, 2.05) is 12.3 Å². The number of nitrogens with zero attached hydrogens (tertiary/aromatic N) is 1. The standard InChI is InChI=1S/C10H13F3N2S/c1-2-8-15-7(6-16-8)5-14-9(3-4-9)10(11,12)13/h6,14H,2-5H2,1H3. The number of halogens is 3. The van der Waals surface area contributed by atoms with E-state index < -0.39 is 11.7 Å². The van der Waals surface area contributed by atoms with Crippen molar-refractivity contribution in [2.45, 2.75) is 44.4 Å². The summed E-state index contributed by atoms with van der Waals surface area (Å²) in [6, 6.07) is 0. The Hall–Kier alpha value is -0.620. The monoisotopic (exact) mass is 250 g/mol. The second kappa shape index (κ2) is 4.00. The summed E-state index contributed by atoms with van der Waals surface area (Å²) >= 11 is 1.50. The van der Waals surface area contributed by atoms with E-state index >= 15 is 0 Å². The maximum Gasteiger partial charge on any atom is 0.406 e. The fraction of sp³-hybridized carbons (Fsp3) is 0.700. The molecule has 0 aliphatic heterocycles. The first kappa shape index (κ1) is 11.9. The molecule has 1 aromatic rings. The van der Waals surface area contributed by atoms with Crippen LogP contribution in [-0.2, 0) is 13.0 Å². The van der Waals surface area contributed by atoms with Crippen LogP contribution in [0.15, 0.2) is 5.38 Å². The molecule has 0 spiro atoms. The SMILES string of the molecule is CCc1nc(CNC2(C(F)(F)F)CC2)cs1. The molecule has 1 fully saturated rings. The molecule has 0 radical (unpaired) electrons. The Bertz CT molecular complexity index is 368. The molecule has 2 nitrogen and oxygen atoms in total. The lowest BCUT2D eigenvalue weighted by molar-refractivity contribution is -0.166. The van der Waals surface area contributed by atoms with E-state index in [2.05, 4.69) is 10.3 Å². The van der Waals surface area contributed by atoms with Crippen molar-refractivity contribution in [3.05, 3.63) is 16.1 Å². The van der Waals surface area contributed by atoms with Gasteiger partial charge in [0.2, 0.25) is 0 Å². The lowest BCUT2D eigenvalue weighted by Crippen LogP contribution is -2.44. The Morgan fingerprint density at radius 2 is 2.19 bits per heavy atom. The summed E-state index contributed by atoms with van der Waals surface area (Å²) in [5.74, 6) is 0. The molecule has 16 heavy (non-hydrogen) atoms. The summed E-state index contributed by atoms with van der Waals surface area (Å²) in [5.41, 5.74) is -0.930. The highest BCUT2D eigenvalue weighted by Crippen LogP contribution is 2.49. The molecular weight excluding hydrogens is 237 g/mol. The molecule has 1 aliphatic carbocycles. The van der Waals surface area contributed by atoms with Crippen molar-refractivity contribution < 1.29 is 13.2 Å². The van der Waals surface area contributed by atoms with Gasteiger partial charge in [0.15, 0.2) is 0 Å². The van der Waals surface area contributed by atoms with E-state index in [1.54, 1.807) is 0 Å². The van der Waals surface area contributed by atoms with Gasteiger partial charge in [-0.3, -0.25) is 5.32 Å². The largest absolute Gasteiger partial charge is 0.406 e. The minimum absolute atomic E-state index is 0.182. The molecule has 0 aromatic carbocycles. The van der Waals surface area contributed by atoms with Crippen LogP contribution in [0.25, 0.3) is 0 Å². The molecule has 1 heterocycles. The molecule has 2 rings (SSSR count). The number of thiazole rings is 1. The number of rotatable bonds is 4. The Balaban J connectivity index is 1.93. The molecule has 1 aliphatic rings. The van der Waals surface area contributed by atoms with Crippen molar-refractivity contribution in [3.63, 3.8) is 0 Å². The zero-order valence-electron chi connectivity index (χ0n) is 8.90. The van der Waals surface area contributed by atoms with Crippen molar-refractivity contribution in [3.8, 4) is 0 Å². The summed E-state index contributed by atoms with van der Waals surface area (Å²) in [6.07, 6.45) is -2.95. The van der Waals surface area contributed by atoms with E-state index in [0.717, 1.165) is 11.4 Å². The molecule has 0 bridgehead atoms. The number of aromatic nitrogens is 1. The third kappa shape index (κ3) is 2.22. The highest BCUT2D eigenvalue weighted by Gasteiger charge is 2.62.